The molecular formula is C31H23N2NaO5S. The van der Waals surface area contributed by atoms with Gasteiger partial charge in [0.05, 0.1) is 24.8 Å². The number of fused-ring (bicyclic) bond motifs is 1. The molecule has 4 aromatic carbocycles. The maximum absolute atomic E-state index is 13.9. The van der Waals surface area contributed by atoms with Crippen LogP contribution in [0.25, 0.3) is 16.6 Å². The molecule has 9 heteroatoms. The number of carbonyl (C=O) groups is 2. The number of rotatable bonds is 10. The molecule has 0 amide bonds. The van der Waals surface area contributed by atoms with E-state index < -0.39 is 11.8 Å². The Morgan fingerprint density at radius 1 is 0.775 bits per heavy atom. The molecule has 0 aliphatic rings. The van der Waals surface area contributed by atoms with Gasteiger partial charge in [-0.15, -0.1) is 0 Å². The first-order chi connectivity index (χ1) is 19.0. The number of aromatic nitrogens is 2. The van der Waals surface area contributed by atoms with E-state index in [2.05, 4.69) is 8.75 Å². The Bertz CT molecular complexity index is 1670. The third-order valence-corrected chi connectivity index (χ3v) is 6.76. The van der Waals surface area contributed by atoms with E-state index in [-0.39, 0.29) is 47.1 Å². The first kappa shape index (κ1) is 29.2. The number of carboxylic acids is 1. The summed E-state index contributed by atoms with van der Waals surface area (Å²) in [6, 6.07) is 28.5. The summed E-state index contributed by atoms with van der Waals surface area (Å²) in [5, 5.41) is 12.5. The smallest absolute Gasteiger partial charge is 0.545 e. The molecule has 0 radical (unpaired) electrons. The number of carbonyl (C=O) groups excluding carboxylic acids is 2. The number of ether oxygens (including phenoxy) is 2. The summed E-state index contributed by atoms with van der Waals surface area (Å²) in [6.07, 6.45) is 0.0545. The number of allylic oxidation sites excluding steroid dienone is 1. The topological polar surface area (TPSA) is 101 Å². The number of carboxylic acid groups (broad SMARTS) is 1. The van der Waals surface area contributed by atoms with Crippen LogP contribution in [-0.4, -0.2) is 27.6 Å². The van der Waals surface area contributed by atoms with Crippen molar-refractivity contribution in [1.29, 1.82) is 0 Å². The molecule has 0 unspecified atom stereocenters. The van der Waals surface area contributed by atoms with Gasteiger partial charge < -0.3 is 19.4 Å². The second-order valence-electron chi connectivity index (χ2n) is 8.76. The van der Waals surface area contributed by atoms with Crippen molar-refractivity contribution in [1.82, 2.24) is 8.75 Å². The van der Waals surface area contributed by atoms with E-state index in [0.29, 0.717) is 40.3 Å². The zero-order chi connectivity index (χ0) is 27.2. The Morgan fingerprint density at radius 3 is 2.20 bits per heavy atom. The SMILES string of the molecule is COc1cccc(C/C(C(=O)c2ccc(OCc3ccccc3)cc2)=C(\C(=O)[O-])c2ccc3nsnc3c2)c1.[Na+]. The third kappa shape index (κ3) is 6.84. The Labute approximate surface area is 257 Å². The van der Waals surface area contributed by atoms with Gasteiger partial charge in [0.1, 0.15) is 29.1 Å². The van der Waals surface area contributed by atoms with Crippen LogP contribution in [0.2, 0.25) is 0 Å². The fraction of sp³-hybridized carbons (Fsp3) is 0.0968. The van der Waals surface area contributed by atoms with Gasteiger partial charge >= 0.3 is 29.6 Å². The number of hydrogen-bond donors (Lipinski definition) is 0. The van der Waals surface area contributed by atoms with Crippen molar-refractivity contribution in [3.8, 4) is 11.5 Å². The third-order valence-electron chi connectivity index (χ3n) is 6.20. The summed E-state index contributed by atoms with van der Waals surface area (Å²) in [7, 11) is 1.55. The minimum absolute atomic E-state index is 0. The second-order valence-corrected chi connectivity index (χ2v) is 9.29. The van der Waals surface area contributed by atoms with Crippen LogP contribution in [0.3, 0.4) is 0 Å². The summed E-state index contributed by atoms with van der Waals surface area (Å²) in [5.74, 6) is -0.686. The first-order valence-corrected chi connectivity index (χ1v) is 12.9. The van der Waals surface area contributed by atoms with E-state index in [1.54, 1.807) is 67.8 Å². The molecule has 194 valence electrons. The quantitative estimate of drug-likeness (QED) is 0.147. The molecular weight excluding hydrogens is 535 g/mol. The van der Waals surface area contributed by atoms with Crippen LogP contribution in [0.1, 0.15) is 27.0 Å². The normalized spacial score (nSPS) is 11.3. The Kier molecular flexibility index (Phi) is 9.84. The van der Waals surface area contributed by atoms with Crippen LogP contribution in [0.5, 0.6) is 11.5 Å². The van der Waals surface area contributed by atoms with Gasteiger partial charge in [-0.2, -0.15) is 8.75 Å². The monoisotopic (exact) mass is 558 g/mol. The molecule has 0 saturated heterocycles. The van der Waals surface area contributed by atoms with Crippen molar-refractivity contribution in [2.45, 2.75) is 13.0 Å². The number of hydrogen-bond acceptors (Lipinski definition) is 8. The molecule has 5 rings (SSSR count). The van der Waals surface area contributed by atoms with Crippen molar-refractivity contribution in [3.63, 3.8) is 0 Å². The molecule has 0 spiro atoms. The molecule has 0 N–H and O–H groups in total. The fourth-order valence-electron chi connectivity index (χ4n) is 4.24. The summed E-state index contributed by atoms with van der Waals surface area (Å²) < 4.78 is 19.6. The maximum Gasteiger partial charge on any atom is 1.00 e. The molecule has 1 heterocycles. The number of aliphatic carboxylic acids is 1. The molecule has 0 atom stereocenters. The van der Waals surface area contributed by atoms with Crippen LogP contribution in [0.4, 0.5) is 0 Å². The molecule has 7 nitrogen and oxygen atoms in total. The summed E-state index contributed by atoms with van der Waals surface area (Å²) in [6.45, 7) is 0.387. The van der Waals surface area contributed by atoms with Gasteiger partial charge in [-0.3, -0.25) is 4.79 Å². The summed E-state index contributed by atoms with van der Waals surface area (Å²) in [4.78, 5) is 26.4. The van der Waals surface area contributed by atoms with Crippen molar-refractivity contribution in [3.05, 3.63) is 125 Å². The molecule has 0 saturated carbocycles. The Morgan fingerprint density at radius 2 is 1.48 bits per heavy atom. The standard InChI is InChI=1S/C31H24N2O5S.Na/c1-37-25-9-5-8-21(16-25)17-26(29(31(35)36)23-12-15-27-28(18-23)33-39-32-27)30(34)22-10-13-24(14-11-22)38-19-20-6-3-2-4-7-20;/h2-16,18H,17,19H2,1H3,(H,35,36);/q;+1/p-1/b29-26+;. The molecule has 5 aromatic rings. The Hall–Kier alpha value is -3.82. The van der Waals surface area contributed by atoms with E-state index in [9.17, 15) is 14.7 Å². The number of methoxy groups -OCH3 is 1. The van der Waals surface area contributed by atoms with Crippen molar-refractivity contribution in [2.75, 3.05) is 7.11 Å². The zero-order valence-corrected chi connectivity index (χ0v) is 24.8. The summed E-state index contributed by atoms with van der Waals surface area (Å²) in [5.41, 5.74) is 3.48. The maximum atomic E-state index is 13.9. The van der Waals surface area contributed by atoms with E-state index in [4.69, 9.17) is 9.47 Å². The van der Waals surface area contributed by atoms with Gasteiger partial charge in [0.15, 0.2) is 5.78 Å². The average Bonchev–Trinajstić information content (AvgIpc) is 3.44. The average molecular weight is 559 g/mol. The van der Waals surface area contributed by atoms with Crippen molar-refractivity contribution < 1.29 is 53.7 Å². The van der Waals surface area contributed by atoms with Crippen LogP contribution in [-0.2, 0) is 17.8 Å². The molecule has 1 aromatic heterocycles. The predicted octanol–water partition coefficient (Wildman–Crippen LogP) is 1.91. The number of ketones is 1. The second kappa shape index (κ2) is 13.5. The van der Waals surface area contributed by atoms with Gasteiger partial charge in [-0.25, -0.2) is 0 Å². The predicted molar refractivity (Wildman–Crippen MR) is 148 cm³/mol. The van der Waals surface area contributed by atoms with Gasteiger partial charge in [0, 0.05) is 23.1 Å². The number of Topliss-reactive ketones (excluding diaryl/α,β-unsaturated/α-hetero) is 1. The van der Waals surface area contributed by atoms with Gasteiger partial charge in [-0.05, 0) is 65.2 Å². The van der Waals surface area contributed by atoms with Crippen LogP contribution >= 0.6 is 11.7 Å². The fourth-order valence-corrected chi connectivity index (χ4v) is 4.76. The van der Waals surface area contributed by atoms with E-state index in [1.807, 2.05) is 36.4 Å². The van der Waals surface area contributed by atoms with E-state index in [0.717, 1.165) is 22.9 Å². The molecule has 0 bridgehead atoms. The van der Waals surface area contributed by atoms with Gasteiger partial charge in [-0.1, -0.05) is 48.5 Å². The molecule has 0 aliphatic heterocycles. The van der Waals surface area contributed by atoms with Gasteiger partial charge in [0.25, 0.3) is 0 Å². The first-order valence-electron chi connectivity index (χ1n) is 12.1. The van der Waals surface area contributed by atoms with Gasteiger partial charge in [0.2, 0.25) is 0 Å². The largest absolute Gasteiger partial charge is 1.00 e. The number of benzene rings is 4. The van der Waals surface area contributed by atoms with Crippen molar-refractivity contribution in [2.24, 2.45) is 0 Å². The van der Waals surface area contributed by atoms with E-state index in [1.165, 1.54) is 0 Å². The Balaban J connectivity index is 0.00000370. The van der Waals surface area contributed by atoms with Crippen LogP contribution in [0, 0.1) is 0 Å². The molecule has 40 heavy (non-hydrogen) atoms. The zero-order valence-electron chi connectivity index (χ0n) is 22.0. The minimum atomic E-state index is -1.45. The van der Waals surface area contributed by atoms with Crippen LogP contribution < -0.4 is 44.1 Å². The van der Waals surface area contributed by atoms with Crippen molar-refractivity contribution >= 4 is 40.1 Å². The van der Waals surface area contributed by atoms with Crippen LogP contribution in [0.15, 0.2) is 103 Å². The minimum Gasteiger partial charge on any atom is -0.545 e. The molecule has 0 fully saturated rings. The summed E-state index contributed by atoms with van der Waals surface area (Å²) >= 11 is 1.03. The molecule has 0 aliphatic carbocycles. The van der Waals surface area contributed by atoms with E-state index >= 15 is 0 Å². The number of nitrogens with zero attached hydrogens (tertiary/aromatic N) is 2.